The lowest BCUT2D eigenvalue weighted by atomic mass is 10.2. The van der Waals surface area contributed by atoms with Gasteiger partial charge in [0.05, 0.1) is 28.8 Å². The summed E-state index contributed by atoms with van der Waals surface area (Å²) in [5.74, 6) is -0.259. The highest BCUT2D eigenvalue weighted by Crippen LogP contribution is 2.28. The third-order valence-electron chi connectivity index (χ3n) is 3.23. The van der Waals surface area contributed by atoms with Gasteiger partial charge in [0.1, 0.15) is 10.8 Å². The van der Waals surface area contributed by atoms with E-state index in [0.29, 0.717) is 16.3 Å². The fourth-order valence-corrected chi connectivity index (χ4v) is 3.33. The fraction of sp³-hybridized carbons (Fsp3) is 0.0556. The van der Waals surface area contributed by atoms with Crippen LogP contribution in [-0.2, 0) is 11.2 Å². The van der Waals surface area contributed by atoms with Crippen LogP contribution in [0.3, 0.4) is 0 Å². The molecule has 1 heterocycles. The predicted molar refractivity (Wildman–Crippen MR) is 98.1 cm³/mol. The van der Waals surface area contributed by atoms with E-state index in [1.807, 2.05) is 24.3 Å². The molecule has 0 amide bonds. The maximum Gasteiger partial charge on any atom is 0.317 e. The molecule has 1 aromatic heterocycles. The molecule has 0 N–H and O–H groups in total. The summed E-state index contributed by atoms with van der Waals surface area (Å²) >= 11 is 13.4. The Kier molecular flexibility index (Phi) is 5.34. The largest absolute Gasteiger partial charge is 0.425 e. The first kappa shape index (κ1) is 17.4. The molecule has 4 nitrogen and oxygen atoms in total. The van der Waals surface area contributed by atoms with E-state index in [-0.39, 0.29) is 17.2 Å². The van der Waals surface area contributed by atoms with E-state index < -0.39 is 5.97 Å². The van der Waals surface area contributed by atoms with E-state index in [4.69, 9.17) is 33.2 Å². The Labute approximate surface area is 158 Å². The molecule has 0 fully saturated rings. The van der Waals surface area contributed by atoms with Crippen molar-refractivity contribution in [2.45, 2.75) is 6.42 Å². The van der Waals surface area contributed by atoms with Crippen LogP contribution in [0, 0.1) is 11.3 Å². The Hall–Kier alpha value is -2.39. The summed E-state index contributed by atoms with van der Waals surface area (Å²) in [5, 5.41) is 12.2. The first-order chi connectivity index (χ1) is 12.0. The molecule has 0 aliphatic carbocycles. The van der Waals surface area contributed by atoms with E-state index in [2.05, 4.69) is 4.98 Å². The number of rotatable bonds is 4. The van der Waals surface area contributed by atoms with Crippen molar-refractivity contribution in [2.24, 2.45) is 0 Å². The van der Waals surface area contributed by atoms with Crippen molar-refractivity contribution in [3.8, 4) is 22.4 Å². The second-order valence-corrected chi connectivity index (χ2v) is 6.76. The van der Waals surface area contributed by atoms with E-state index in [1.165, 1.54) is 29.5 Å². The average molecular weight is 389 g/mol. The third kappa shape index (κ3) is 4.37. The van der Waals surface area contributed by atoms with Crippen LogP contribution in [0.4, 0.5) is 0 Å². The molecule has 3 aromatic rings. The lowest BCUT2D eigenvalue weighted by Gasteiger charge is -2.05. The van der Waals surface area contributed by atoms with Gasteiger partial charge in [0.25, 0.3) is 0 Å². The molecule has 0 aliphatic heterocycles. The zero-order valence-corrected chi connectivity index (χ0v) is 15.0. The van der Waals surface area contributed by atoms with Crippen molar-refractivity contribution in [1.82, 2.24) is 4.98 Å². The molecule has 0 radical (unpaired) electrons. The zero-order valence-electron chi connectivity index (χ0n) is 12.7. The van der Waals surface area contributed by atoms with Crippen LogP contribution < -0.4 is 4.74 Å². The van der Waals surface area contributed by atoms with Gasteiger partial charge in [-0.15, -0.1) is 11.3 Å². The van der Waals surface area contributed by atoms with Crippen molar-refractivity contribution >= 4 is 40.5 Å². The molecule has 0 spiro atoms. The molecule has 2 aromatic carbocycles. The summed E-state index contributed by atoms with van der Waals surface area (Å²) < 4.78 is 5.25. The van der Waals surface area contributed by atoms with Crippen molar-refractivity contribution in [3.05, 3.63) is 69.1 Å². The number of carbonyl (C=O) groups is 1. The summed E-state index contributed by atoms with van der Waals surface area (Å²) in [4.78, 5) is 16.5. The highest BCUT2D eigenvalue weighted by atomic mass is 35.5. The van der Waals surface area contributed by atoms with Gasteiger partial charge in [-0.2, -0.15) is 5.26 Å². The first-order valence-electron chi connectivity index (χ1n) is 7.16. The fourth-order valence-electron chi connectivity index (χ4n) is 2.10. The van der Waals surface area contributed by atoms with Gasteiger partial charge < -0.3 is 4.74 Å². The number of hydrogen-bond donors (Lipinski definition) is 0. The maximum absolute atomic E-state index is 12.1. The van der Waals surface area contributed by atoms with Crippen molar-refractivity contribution in [1.29, 1.82) is 5.26 Å². The number of aromatic nitrogens is 1. The zero-order chi connectivity index (χ0) is 17.8. The summed E-state index contributed by atoms with van der Waals surface area (Å²) in [6.45, 7) is 0. The first-order valence-corrected chi connectivity index (χ1v) is 8.79. The second-order valence-electron chi connectivity index (χ2n) is 5.06. The van der Waals surface area contributed by atoms with Crippen LogP contribution in [0.2, 0.25) is 10.0 Å². The van der Waals surface area contributed by atoms with E-state index >= 15 is 0 Å². The average Bonchev–Trinajstić information content (AvgIpc) is 3.05. The van der Waals surface area contributed by atoms with Crippen LogP contribution in [0.1, 0.15) is 11.3 Å². The van der Waals surface area contributed by atoms with Crippen LogP contribution in [0.5, 0.6) is 5.75 Å². The minimum absolute atomic E-state index is 0.0212. The minimum Gasteiger partial charge on any atom is -0.425 e. The molecular formula is C18H10Cl2N2O2S. The topological polar surface area (TPSA) is 63.0 Å². The van der Waals surface area contributed by atoms with Gasteiger partial charge in [-0.3, -0.25) is 4.79 Å². The lowest BCUT2D eigenvalue weighted by Crippen LogP contribution is -2.11. The smallest absolute Gasteiger partial charge is 0.317 e. The van der Waals surface area contributed by atoms with Gasteiger partial charge in [-0.25, -0.2) is 4.98 Å². The molecule has 0 saturated carbocycles. The maximum atomic E-state index is 12.1. The van der Waals surface area contributed by atoms with E-state index in [1.54, 1.807) is 11.4 Å². The number of halogens is 2. The highest BCUT2D eigenvalue weighted by Gasteiger charge is 2.13. The molecule has 0 bridgehead atoms. The van der Waals surface area contributed by atoms with Gasteiger partial charge in [-0.05, 0) is 30.3 Å². The Morgan fingerprint density at radius 1 is 1.24 bits per heavy atom. The Bertz CT molecular complexity index is 979. The third-order valence-corrected chi connectivity index (χ3v) is 4.70. The summed E-state index contributed by atoms with van der Waals surface area (Å²) in [6, 6.07) is 13.8. The minimum atomic E-state index is -0.477. The van der Waals surface area contributed by atoms with Gasteiger partial charge in [0.15, 0.2) is 0 Å². The Morgan fingerprint density at radius 3 is 2.80 bits per heavy atom. The van der Waals surface area contributed by atoms with Crippen LogP contribution >= 0.6 is 34.5 Å². The standard InChI is InChI=1S/C18H10Cl2N2O2S/c19-13-3-1-2-12(7-13)18-22-14(10-25-18)8-17(23)24-16-5-4-11(9-21)6-15(16)20/h1-7,10H,8H2. The number of benzene rings is 2. The molecule has 124 valence electrons. The summed E-state index contributed by atoms with van der Waals surface area (Å²) in [6.07, 6.45) is 0.0212. The molecule has 7 heteroatoms. The van der Waals surface area contributed by atoms with Crippen LogP contribution in [0.25, 0.3) is 10.6 Å². The molecule has 25 heavy (non-hydrogen) atoms. The van der Waals surface area contributed by atoms with E-state index in [9.17, 15) is 4.79 Å². The molecular weight excluding hydrogens is 379 g/mol. The molecule has 0 unspecified atom stereocenters. The number of nitrogens with zero attached hydrogens (tertiary/aromatic N) is 2. The van der Waals surface area contributed by atoms with Gasteiger partial charge in [-0.1, -0.05) is 35.3 Å². The normalized spacial score (nSPS) is 10.3. The van der Waals surface area contributed by atoms with Crippen molar-refractivity contribution in [3.63, 3.8) is 0 Å². The number of ether oxygens (including phenoxy) is 1. The Morgan fingerprint density at radius 2 is 2.08 bits per heavy atom. The van der Waals surface area contributed by atoms with Gasteiger partial charge in [0, 0.05) is 16.0 Å². The molecule has 3 rings (SSSR count). The quantitative estimate of drug-likeness (QED) is 0.458. The molecule has 0 saturated heterocycles. The molecule has 0 atom stereocenters. The lowest BCUT2D eigenvalue weighted by molar-refractivity contribution is -0.133. The number of esters is 1. The van der Waals surface area contributed by atoms with Crippen LogP contribution in [-0.4, -0.2) is 11.0 Å². The van der Waals surface area contributed by atoms with E-state index in [0.717, 1.165) is 10.6 Å². The number of thiazole rings is 1. The summed E-state index contributed by atoms with van der Waals surface area (Å²) in [7, 11) is 0. The molecule has 0 aliphatic rings. The second kappa shape index (κ2) is 7.66. The van der Waals surface area contributed by atoms with Gasteiger partial charge >= 0.3 is 5.97 Å². The van der Waals surface area contributed by atoms with Crippen molar-refractivity contribution in [2.75, 3.05) is 0 Å². The van der Waals surface area contributed by atoms with Crippen LogP contribution in [0.15, 0.2) is 47.8 Å². The number of carbonyl (C=O) groups excluding carboxylic acids is 1. The number of hydrogen-bond acceptors (Lipinski definition) is 5. The highest BCUT2D eigenvalue weighted by molar-refractivity contribution is 7.13. The number of nitriles is 1. The Balaban J connectivity index is 1.69. The SMILES string of the molecule is N#Cc1ccc(OC(=O)Cc2csc(-c3cccc(Cl)c3)n2)c(Cl)c1. The predicted octanol–water partition coefficient (Wildman–Crippen LogP) is 5.14. The van der Waals surface area contributed by atoms with Gasteiger partial charge in [0.2, 0.25) is 0 Å². The van der Waals surface area contributed by atoms with Crippen molar-refractivity contribution < 1.29 is 9.53 Å². The monoisotopic (exact) mass is 388 g/mol. The summed E-state index contributed by atoms with van der Waals surface area (Å²) in [5.41, 5.74) is 1.90.